The van der Waals surface area contributed by atoms with Crippen LogP contribution in [0.1, 0.15) is 32.6 Å². The van der Waals surface area contributed by atoms with Crippen molar-refractivity contribution in [1.82, 2.24) is 10.6 Å². The molecule has 5 heteroatoms. The molecular weight excluding hydrogens is 208 g/mol. The Hall–Kier alpha value is -1.10. The van der Waals surface area contributed by atoms with Gasteiger partial charge in [-0.25, -0.2) is 0 Å². The summed E-state index contributed by atoms with van der Waals surface area (Å²) < 4.78 is 0. The molecule has 0 aliphatic heterocycles. The lowest BCUT2D eigenvalue weighted by Gasteiger charge is -2.10. The highest BCUT2D eigenvalue weighted by Gasteiger charge is 2.22. The van der Waals surface area contributed by atoms with Crippen molar-refractivity contribution in [2.45, 2.75) is 38.7 Å². The van der Waals surface area contributed by atoms with Crippen molar-refractivity contribution < 1.29 is 14.7 Å². The van der Waals surface area contributed by atoms with Crippen LogP contribution in [0.25, 0.3) is 0 Å². The summed E-state index contributed by atoms with van der Waals surface area (Å²) in [5.74, 6) is 0.238. The van der Waals surface area contributed by atoms with E-state index in [9.17, 15) is 14.7 Å². The molecule has 0 aromatic heterocycles. The van der Waals surface area contributed by atoms with Crippen LogP contribution < -0.4 is 10.6 Å². The first-order valence-electron chi connectivity index (χ1n) is 5.77. The first-order chi connectivity index (χ1) is 7.58. The molecule has 2 atom stereocenters. The summed E-state index contributed by atoms with van der Waals surface area (Å²) in [7, 11) is 0. The molecule has 1 fully saturated rings. The average molecular weight is 228 g/mol. The maximum atomic E-state index is 11.3. The van der Waals surface area contributed by atoms with Crippen molar-refractivity contribution in [2.24, 2.45) is 5.92 Å². The number of carbonyl (C=O) groups is 2. The van der Waals surface area contributed by atoms with E-state index in [1.165, 1.54) is 6.92 Å². The largest absolute Gasteiger partial charge is 0.393 e. The van der Waals surface area contributed by atoms with Crippen LogP contribution >= 0.6 is 0 Å². The summed E-state index contributed by atoms with van der Waals surface area (Å²) >= 11 is 0. The fourth-order valence-corrected chi connectivity index (χ4v) is 1.93. The molecule has 92 valence electrons. The van der Waals surface area contributed by atoms with Gasteiger partial charge >= 0.3 is 0 Å². The molecule has 1 aliphatic carbocycles. The van der Waals surface area contributed by atoms with Crippen LogP contribution in [0.15, 0.2) is 0 Å². The zero-order valence-corrected chi connectivity index (χ0v) is 9.66. The first kappa shape index (κ1) is 13.0. The molecule has 0 aromatic carbocycles. The lowest BCUT2D eigenvalue weighted by Crippen LogP contribution is -2.32. The van der Waals surface area contributed by atoms with E-state index in [0.29, 0.717) is 25.4 Å². The zero-order valence-electron chi connectivity index (χ0n) is 9.66. The van der Waals surface area contributed by atoms with Crippen LogP contribution in [0.3, 0.4) is 0 Å². The van der Waals surface area contributed by atoms with Crippen LogP contribution in [0.2, 0.25) is 0 Å². The van der Waals surface area contributed by atoms with Gasteiger partial charge in [0.2, 0.25) is 11.8 Å². The number of amides is 2. The van der Waals surface area contributed by atoms with Gasteiger partial charge in [0.05, 0.1) is 6.10 Å². The predicted octanol–water partition coefficient (Wildman–Crippen LogP) is -0.210. The number of carbonyl (C=O) groups excluding carboxylic acids is 2. The fourth-order valence-electron chi connectivity index (χ4n) is 1.93. The minimum absolute atomic E-state index is 0.0462. The highest BCUT2D eigenvalue weighted by atomic mass is 16.3. The van der Waals surface area contributed by atoms with E-state index < -0.39 is 0 Å². The predicted molar refractivity (Wildman–Crippen MR) is 59.7 cm³/mol. The minimum atomic E-state index is -0.193. The molecule has 0 radical (unpaired) electrons. The molecule has 3 N–H and O–H groups in total. The Kier molecular flexibility index (Phi) is 5.25. The van der Waals surface area contributed by atoms with E-state index in [2.05, 4.69) is 10.6 Å². The van der Waals surface area contributed by atoms with Gasteiger partial charge in [-0.05, 0) is 25.2 Å². The van der Waals surface area contributed by atoms with Gasteiger partial charge in [0.25, 0.3) is 0 Å². The van der Waals surface area contributed by atoms with E-state index in [1.54, 1.807) is 0 Å². The van der Waals surface area contributed by atoms with E-state index in [-0.39, 0.29) is 17.9 Å². The standard InChI is InChI=1S/C11H20N2O3/c1-8(14)12-5-4-11(16)13-7-9-2-3-10(15)6-9/h9-10,15H,2-7H2,1H3,(H,12,14)(H,13,16). The Morgan fingerprint density at radius 3 is 2.62 bits per heavy atom. The van der Waals surface area contributed by atoms with Crippen LogP contribution in [-0.2, 0) is 9.59 Å². The molecule has 0 aromatic rings. The summed E-state index contributed by atoms with van der Waals surface area (Å²) in [5.41, 5.74) is 0. The molecule has 5 nitrogen and oxygen atoms in total. The van der Waals surface area contributed by atoms with Crippen LogP contribution in [0.5, 0.6) is 0 Å². The third-order valence-corrected chi connectivity index (χ3v) is 2.83. The molecule has 0 spiro atoms. The van der Waals surface area contributed by atoms with Crippen molar-refractivity contribution in [1.29, 1.82) is 0 Å². The smallest absolute Gasteiger partial charge is 0.221 e. The maximum Gasteiger partial charge on any atom is 0.221 e. The second kappa shape index (κ2) is 6.48. The lowest BCUT2D eigenvalue weighted by atomic mass is 10.1. The molecule has 0 heterocycles. The molecule has 1 rings (SSSR count). The second-order valence-corrected chi connectivity index (χ2v) is 4.37. The maximum absolute atomic E-state index is 11.3. The van der Waals surface area contributed by atoms with Crippen molar-refractivity contribution in [3.8, 4) is 0 Å². The number of hydrogen-bond donors (Lipinski definition) is 3. The van der Waals surface area contributed by atoms with Crippen molar-refractivity contribution in [2.75, 3.05) is 13.1 Å². The van der Waals surface area contributed by atoms with Crippen molar-refractivity contribution >= 4 is 11.8 Å². The molecule has 1 aliphatic rings. The molecule has 0 saturated heterocycles. The number of aliphatic hydroxyl groups excluding tert-OH is 1. The second-order valence-electron chi connectivity index (χ2n) is 4.37. The van der Waals surface area contributed by atoms with E-state index >= 15 is 0 Å². The topological polar surface area (TPSA) is 78.4 Å². The zero-order chi connectivity index (χ0) is 12.0. The highest BCUT2D eigenvalue weighted by Crippen LogP contribution is 2.24. The molecule has 16 heavy (non-hydrogen) atoms. The van der Waals surface area contributed by atoms with Gasteiger partial charge in [-0.3, -0.25) is 9.59 Å². The van der Waals surface area contributed by atoms with Crippen molar-refractivity contribution in [3.63, 3.8) is 0 Å². The average Bonchev–Trinajstić information content (AvgIpc) is 2.61. The van der Waals surface area contributed by atoms with Gasteiger partial charge in [0, 0.05) is 26.4 Å². The Morgan fingerprint density at radius 1 is 1.31 bits per heavy atom. The van der Waals surface area contributed by atoms with E-state index in [1.807, 2.05) is 0 Å². The highest BCUT2D eigenvalue weighted by molar-refractivity contribution is 5.77. The summed E-state index contributed by atoms with van der Waals surface area (Å²) in [6.07, 6.45) is 2.72. The number of hydrogen-bond acceptors (Lipinski definition) is 3. The molecule has 2 unspecified atom stereocenters. The van der Waals surface area contributed by atoms with Gasteiger partial charge in [0.1, 0.15) is 0 Å². The molecule has 2 amide bonds. The summed E-state index contributed by atoms with van der Waals surface area (Å²) in [6, 6.07) is 0. The minimum Gasteiger partial charge on any atom is -0.393 e. The van der Waals surface area contributed by atoms with Crippen LogP contribution in [-0.4, -0.2) is 36.1 Å². The number of nitrogens with one attached hydrogen (secondary N) is 2. The Labute approximate surface area is 95.6 Å². The van der Waals surface area contributed by atoms with Gasteiger partial charge in [-0.15, -0.1) is 0 Å². The van der Waals surface area contributed by atoms with E-state index in [0.717, 1.165) is 19.3 Å². The van der Waals surface area contributed by atoms with Gasteiger partial charge < -0.3 is 15.7 Å². The van der Waals surface area contributed by atoms with Gasteiger partial charge in [-0.1, -0.05) is 0 Å². The molecule has 1 saturated carbocycles. The Morgan fingerprint density at radius 2 is 2.06 bits per heavy atom. The van der Waals surface area contributed by atoms with E-state index in [4.69, 9.17) is 0 Å². The van der Waals surface area contributed by atoms with Gasteiger partial charge in [-0.2, -0.15) is 0 Å². The number of rotatable bonds is 5. The lowest BCUT2D eigenvalue weighted by molar-refractivity contribution is -0.121. The number of aliphatic hydroxyl groups is 1. The van der Waals surface area contributed by atoms with Crippen molar-refractivity contribution in [3.05, 3.63) is 0 Å². The monoisotopic (exact) mass is 228 g/mol. The fraction of sp³-hybridized carbons (Fsp3) is 0.818. The van der Waals surface area contributed by atoms with Crippen LogP contribution in [0.4, 0.5) is 0 Å². The molecular formula is C11H20N2O3. The van der Waals surface area contributed by atoms with Gasteiger partial charge in [0.15, 0.2) is 0 Å². The summed E-state index contributed by atoms with van der Waals surface area (Å²) in [4.78, 5) is 21.9. The SMILES string of the molecule is CC(=O)NCCC(=O)NCC1CCC(O)C1. The first-order valence-corrected chi connectivity index (χ1v) is 5.77. The Bertz CT molecular complexity index is 256. The molecule has 0 bridgehead atoms. The van der Waals surface area contributed by atoms with Crippen LogP contribution in [0, 0.1) is 5.92 Å². The Balaban J connectivity index is 2.04. The summed E-state index contributed by atoms with van der Waals surface area (Å²) in [6.45, 7) is 2.45. The normalized spacial score (nSPS) is 24.1. The third kappa shape index (κ3) is 5.11. The summed E-state index contributed by atoms with van der Waals surface area (Å²) in [5, 5.41) is 14.7. The third-order valence-electron chi connectivity index (χ3n) is 2.83. The quantitative estimate of drug-likeness (QED) is 0.609.